The summed E-state index contributed by atoms with van der Waals surface area (Å²) in [5.41, 5.74) is 0. The average molecular weight is 264 g/mol. The molecule has 0 saturated carbocycles. The molecule has 0 aliphatic carbocycles. The molecule has 0 aromatic heterocycles. The van der Waals surface area contributed by atoms with Crippen LogP contribution < -0.4 is 0 Å². The lowest BCUT2D eigenvalue weighted by molar-refractivity contribution is -0.285. The zero-order chi connectivity index (χ0) is 13.5. The summed E-state index contributed by atoms with van der Waals surface area (Å²) in [7, 11) is 0. The molecule has 0 unspecified atom stereocenters. The molecule has 6 heteroatoms. The van der Waals surface area contributed by atoms with Crippen molar-refractivity contribution in [3.8, 4) is 0 Å². The van der Waals surface area contributed by atoms with Gasteiger partial charge in [0.1, 0.15) is 0 Å². The summed E-state index contributed by atoms with van der Waals surface area (Å²) in [4.78, 5) is 0. The van der Waals surface area contributed by atoms with E-state index >= 15 is 0 Å². The largest absolute Gasteiger partial charge is 0.400 e. The maximum atomic E-state index is 12.1. The summed E-state index contributed by atoms with van der Waals surface area (Å²) in [5, 5.41) is 0. The van der Waals surface area contributed by atoms with Crippen LogP contribution in [0.2, 0.25) is 0 Å². The second-order valence-electron chi connectivity index (χ2n) is 4.19. The van der Waals surface area contributed by atoms with Crippen LogP contribution in [0.25, 0.3) is 0 Å². The predicted molar refractivity (Wildman–Crippen MR) is 53.6 cm³/mol. The van der Waals surface area contributed by atoms with Crippen LogP contribution in [0.15, 0.2) is 0 Å². The second kappa shape index (κ2) is 7.11. The van der Waals surface area contributed by atoms with Gasteiger partial charge in [-0.2, -0.15) is 26.3 Å². The average Bonchev–Trinajstić information content (AvgIpc) is 2.12. The minimum Gasteiger partial charge on any atom is -0.170 e. The molecule has 0 bridgehead atoms. The standard InChI is InChI=1S/C11H18F6/c1-2-3-4-5-6-7-8-9(10(12,13)14)11(15,16)17/h9H,2-8H2,1H3. The van der Waals surface area contributed by atoms with Crippen LogP contribution in [0, 0.1) is 5.92 Å². The Balaban J connectivity index is 3.95. The van der Waals surface area contributed by atoms with Crippen molar-refractivity contribution >= 4 is 0 Å². The van der Waals surface area contributed by atoms with Crippen molar-refractivity contribution in [1.29, 1.82) is 0 Å². The Hall–Kier alpha value is -0.420. The number of hydrogen-bond acceptors (Lipinski definition) is 0. The Labute approximate surface area is 97.4 Å². The van der Waals surface area contributed by atoms with Gasteiger partial charge in [-0.1, -0.05) is 45.4 Å². The van der Waals surface area contributed by atoms with E-state index in [2.05, 4.69) is 0 Å². The van der Waals surface area contributed by atoms with Gasteiger partial charge in [0.05, 0.1) is 0 Å². The van der Waals surface area contributed by atoms with Crippen molar-refractivity contribution < 1.29 is 26.3 Å². The molecule has 104 valence electrons. The Morgan fingerprint density at radius 1 is 0.706 bits per heavy atom. The van der Waals surface area contributed by atoms with E-state index in [9.17, 15) is 26.3 Å². The van der Waals surface area contributed by atoms with Crippen LogP contribution in [-0.2, 0) is 0 Å². The zero-order valence-electron chi connectivity index (χ0n) is 9.79. The molecule has 0 rings (SSSR count). The van der Waals surface area contributed by atoms with Gasteiger partial charge in [-0.15, -0.1) is 0 Å². The molecular weight excluding hydrogens is 246 g/mol. The smallest absolute Gasteiger partial charge is 0.170 e. The van der Waals surface area contributed by atoms with Gasteiger partial charge in [-0.05, 0) is 6.42 Å². The quantitative estimate of drug-likeness (QED) is 0.422. The molecule has 0 atom stereocenters. The molecule has 0 aromatic rings. The molecule has 0 spiro atoms. The fourth-order valence-corrected chi connectivity index (χ4v) is 1.64. The van der Waals surface area contributed by atoms with E-state index in [1.807, 2.05) is 6.92 Å². The fourth-order valence-electron chi connectivity index (χ4n) is 1.64. The van der Waals surface area contributed by atoms with Crippen molar-refractivity contribution in [2.45, 2.75) is 64.2 Å². The monoisotopic (exact) mass is 264 g/mol. The number of hydrogen-bond donors (Lipinski definition) is 0. The molecule has 0 aliphatic heterocycles. The molecule has 0 heterocycles. The van der Waals surface area contributed by atoms with Crippen LogP contribution in [0.3, 0.4) is 0 Å². The number of rotatable bonds is 7. The predicted octanol–water partition coefficient (Wildman–Crippen LogP) is 5.48. The van der Waals surface area contributed by atoms with Gasteiger partial charge >= 0.3 is 12.4 Å². The van der Waals surface area contributed by atoms with E-state index in [0.717, 1.165) is 19.3 Å². The van der Waals surface area contributed by atoms with Gasteiger partial charge in [-0.3, -0.25) is 0 Å². The summed E-state index contributed by atoms with van der Waals surface area (Å²) in [6, 6.07) is 0. The van der Waals surface area contributed by atoms with Crippen LogP contribution in [-0.4, -0.2) is 12.4 Å². The summed E-state index contributed by atoms with van der Waals surface area (Å²) >= 11 is 0. The van der Waals surface area contributed by atoms with Crippen molar-refractivity contribution in [3.63, 3.8) is 0 Å². The first-order valence-corrected chi connectivity index (χ1v) is 5.83. The summed E-state index contributed by atoms with van der Waals surface area (Å²) < 4.78 is 72.8. The minimum atomic E-state index is -5.18. The highest BCUT2D eigenvalue weighted by Gasteiger charge is 2.55. The van der Waals surface area contributed by atoms with Crippen molar-refractivity contribution in [1.82, 2.24) is 0 Å². The maximum absolute atomic E-state index is 12.1. The molecule has 0 amide bonds. The Morgan fingerprint density at radius 2 is 1.12 bits per heavy atom. The molecule has 0 aromatic carbocycles. The van der Waals surface area contributed by atoms with Crippen molar-refractivity contribution in [3.05, 3.63) is 0 Å². The molecule has 0 radical (unpaired) electrons. The van der Waals surface area contributed by atoms with E-state index in [-0.39, 0.29) is 6.42 Å². The third-order valence-corrected chi connectivity index (χ3v) is 2.64. The summed E-state index contributed by atoms with van der Waals surface area (Å²) in [6.45, 7) is 1.99. The van der Waals surface area contributed by atoms with E-state index in [0.29, 0.717) is 12.8 Å². The van der Waals surface area contributed by atoms with Gasteiger partial charge in [0.2, 0.25) is 0 Å². The fraction of sp³-hybridized carbons (Fsp3) is 1.00. The molecule has 0 saturated heterocycles. The normalized spacial score (nSPS) is 13.4. The lowest BCUT2D eigenvalue weighted by Gasteiger charge is -2.22. The number of alkyl halides is 6. The Morgan fingerprint density at radius 3 is 1.53 bits per heavy atom. The third-order valence-electron chi connectivity index (χ3n) is 2.64. The highest BCUT2D eigenvalue weighted by Crippen LogP contribution is 2.42. The van der Waals surface area contributed by atoms with Crippen LogP contribution in [0.1, 0.15) is 51.9 Å². The highest BCUT2D eigenvalue weighted by atomic mass is 19.4. The van der Waals surface area contributed by atoms with E-state index in [1.165, 1.54) is 0 Å². The Bertz CT molecular complexity index is 179. The van der Waals surface area contributed by atoms with Gasteiger partial charge in [-0.25, -0.2) is 0 Å². The van der Waals surface area contributed by atoms with Gasteiger partial charge < -0.3 is 0 Å². The first-order chi connectivity index (χ1) is 7.69. The molecule has 0 nitrogen and oxygen atoms in total. The van der Waals surface area contributed by atoms with Crippen molar-refractivity contribution in [2.24, 2.45) is 5.92 Å². The highest BCUT2D eigenvalue weighted by molar-refractivity contribution is 4.75. The third kappa shape index (κ3) is 7.49. The second-order valence-corrected chi connectivity index (χ2v) is 4.19. The van der Waals surface area contributed by atoms with E-state index in [1.54, 1.807) is 0 Å². The van der Waals surface area contributed by atoms with Gasteiger partial charge in [0, 0.05) is 0 Å². The SMILES string of the molecule is CCCCCCCCC(C(F)(F)F)C(F)(F)F. The topological polar surface area (TPSA) is 0 Å². The van der Waals surface area contributed by atoms with Gasteiger partial charge in [0.15, 0.2) is 5.92 Å². The lowest BCUT2D eigenvalue weighted by Crippen LogP contribution is -2.36. The van der Waals surface area contributed by atoms with Crippen LogP contribution >= 0.6 is 0 Å². The van der Waals surface area contributed by atoms with E-state index < -0.39 is 24.7 Å². The summed E-state index contributed by atoms with van der Waals surface area (Å²) in [6.07, 6.45) is -7.25. The molecule has 0 fully saturated rings. The zero-order valence-corrected chi connectivity index (χ0v) is 9.79. The Kier molecular flexibility index (Phi) is 6.94. The van der Waals surface area contributed by atoms with Gasteiger partial charge in [0.25, 0.3) is 0 Å². The molecular formula is C11H18F6. The first-order valence-electron chi connectivity index (χ1n) is 5.83. The van der Waals surface area contributed by atoms with E-state index in [4.69, 9.17) is 0 Å². The first kappa shape index (κ1) is 16.6. The van der Waals surface area contributed by atoms with Crippen LogP contribution in [0.4, 0.5) is 26.3 Å². The summed E-state index contributed by atoms with van der Waals surface area (Å²) in [5.74, 6) is -3.17. The van der Waals surface area contributed by atoms with Crippen LogP contribution in [0.5, 0.6) is 0 Å². The molecule has 0 aliphatic rings. The molecule has 0 N–H and O–H groups in total. The molecule has 17 heavy (non-hydrogen) atoms. The van der Waals surface area contributed by atoms with Crippen molar-refractivity contribution in [2.75, 3.05) is 0 Å². The lowest BCUT2D eigenvalue weighted by atomic mass is 9.99. The number of unbranched alkanes of at least 4 members (excludes halogenated alkanes) is 5. The minimum absolute atomic E-state index is 0.0204. The number of halogens is 6. The maximum Gasteiger partial charge on any atom is 0.400 e.